The number of Topliss-reactive ketones (excluding diaryl/α,β-unsaturated/α-hetero) is 1. The maximum absolute atomic E-state index is 11.6. The highest BCUT2D eigenvalue weighted by Crippen LogP contribution is 2.37. The molecule has 1 amide bonds. The van der Waals surface area contributed by atoms with Gasteiger partial charge in [-0.15, -0.1) is 0 Å². The number of nitrogens with one attached hydrogen (secondary N) is 1. The smallest absolute Gasteiger partial charge is 0.243 e. The van der Waals surface area contributed by atoms with Gasteiger partial charge in [0.1, 0.15) is 5.78 Å². The Morgan fingerprint density at radius 3 is 2.37 bits per heavy atom. The van der Waals surface area contributed by atoms with Crippen molar-refractivity contribution in [2.75, 3.05) is 0 Å². The second-order valence-corrected chi connectivity index (χ2v) is 4.05. The summed E-state index contributed by atoms with van der Waals surface area (Å²) in [6.45, 7) is 0. The van der Waals surface area contributed by atoms with Crippen LogP contribution < -0.4 is 5.48 Å². The van der Waals surface area contributed by atoms with E-state index in [4.69, 9.17) is 10.3 Å². The first-order chi connectivity index (χ1) is 8.95. The van der Waals surface area contributed by atoms with E-state index in [-0.39, 0.29) is 37.0 Å². The summed E-state index contributed by atoms with van der Waals surface area (Å²) in [4.78, 5) is 22.3. The normalized spacial score (nSPS) is 10.2. The summed E-state index contributed by atoms with van der Waals surface area (Å²) in [6.07, 6.45) is 0.292. The highest BCUT2D eigenvalue weighted by Gasteiger charge is 2.14. The quantitative estimate of drug-likeness (QED) is 0.292. The second-order valence-electron chi connectivity index (χ2n) is 4.05. The van der Waals surface area contributed by atoms with E-state index in [0.29, 0.717) is 0 Å². The van der Waals surface area contributed by atoms with E-state index >= 15 is 0 Å². The Balaban J connectivity index is 2.53. The summed E-state index contributed by atoms with van der Waals surface area (Å²) < 4.78 is 0. The van der Waals surface area contributed by atoms with Crippen molar-refractivity contribution in [1.29, 1.82) is 0 Å². The van der Waals surface area contributed by atoms with Gasteiger partial charge in [-0.1, -0.05) is 6.07 Å². The zero-order valence-corrected chi connectivity index (χ0v) is 10.1. The molecule has 0 saturated heterocycles. The van der Waals surface area contributed by atoms with E-state index in [2.05, 4.69) is 0 Å². The van der Waals surface area contributed by atoms with E-state index in [1.807, 2.05) is 0 Å². The van der Waals surface area contributed by atoms with Gasteiger partial charge in [0.25, 0.3) is 0 Å². The molecule has 1 aromatic carbocycles. The lowest BCUT2D eigenvalue weighted by atomic mass is 10.0. The molecule has 7 heteroatoms. The van der Waals surface area contributed by atoms with Crippen LogP contribution in [0.2, 0.25) is 0 Å². The molecule has 0 unspecified atom stereocenters. The third kappa shape index (κ3) is 4.14. The van der Waals surface area contributed by atoms with Crippen molar-refractivity contribution in [3.63, 3.8) is 0 Å². The zero-order valence-electron chi connectivity index (χ0n) is 10.1. The van der Waals surface area contributed by atoms with E-state index in [1.165, 1.54) is 17.6 Å². The molecule has 0 fully saturated rings. The molecule has 0 spiro atoms. The fraction of sp³-hybridized carbons (Fsp3) is 0.333. The Bertz CT molecular complexity index is 485. The van der Waals surface area contributed by atoms with Crippen LogP contribution in [0.25, 0.3) is 0 Å². The van der Waals surface area contributed by atoms with E-state index < -0.39 is 23.2 Å². The number of carbonyl (C=O) groups is 2. The number of aromatic hydroxyl groups is 3. The molecule has 0 bridgehead atoms. The number of amides is 1. The maximum atomic E-state index is 11.6. The Morgan fingerprint density at radius 2 is 1.74 bits per heavy atom. The number of carbonyl (C=O) groups excluding carboxylic acids is 2. The molecule has 0 aromatic heterocycles. The number of phenols is 3. The summed E-state index contributed by atoms with van der Waals surface area (Å²) >= 11 is 0. The number of phenolic OH excluding ortho intramolecular Hbond substituents is 3. The SMILES string of the molecule is O=C(CCCC(=O)NO)Cc1ccc(O)c(O)c1O. The molecular weight excluding hydrogens is 254 g/mol. The van der Waals surface area contributed by atoms with Gasteiger partial charge >= 0.3 is 0 Å². The number of rotatable bonds is 6. The van der Waals surface area contributed by atoms with Crippen LogP contribution in [0.5, 0.6) is 17.2 Å². The summed E-state index contributed by atoms with van der Waals surface area (Å²) in [5.74, 6) is -2.45. The Morgan fingerprint density at radius 1 is 1.05 bits per heavy atom. The molecule has 1 rings (SSSR count). The van der Waals surface area contributed by atoms with E-state index in [9.17, 15) is 19.8 Å². The Hall–Kier alpha value is -2.28. The molecule has 0 heterocycles. The summed E-state index contributed by atoms with van der Waals surface area (Å²) in [6, 6.07) is 2.51. The van der Waals surface area contributed by atoms with Crippen LogP contribution in [-0.4, -0.2) is 32.2 Å². The highest BCUT2D eigenvalue weighted by atomic mass is 16.5. The first-order valence-electron chi connectivity index (χ1n) is 5.63. The van der Waals surface area contributed by atoms with Crippen molar-refractivity contribution < 1.29 is 30.1 Å². The van der Waals surface area contributed by atoms with Gasteiger partial charge in [-0.3, -0.25) is 14.8 Å². The van der Waals surface area contributed by atoms with Crippen molar-refractivity contribution in [2.45, 2.75) is 25.7 Å². The maximum Gasteiger partial charge on any atom is 0.243 e. The first kappa shape index (κ1) is 14.8. The molecule has 0 aliphatic rings. The van der Waals surface area contributed by atoms with Crippen LogP contribution in [0.4, 0.5) is 0 Å². The Kier molecular flexibility index (Phi) is 5.13. The number of hydrogen-bond acceptors (Lipinski definition) is 6. The molecule has 104 valence electrons. The van der Waals surface area contributed by atoms with Gasteiger partial charge in [-0.25, -0.2) is 5.48 Å². The van der Waals surface area contributed by atoms with Gasteiger partial charge in [0, 0.05) is 24.8 Å². The van der Waals surface area contributed by atoms with Gasteiger partial charge in [0.05, 0.1) is 0 Å². The van der Waals surface area contributed by atoms with Crippen LogP contribution in [0.1, 0.15) is 24.8 Å². The average Bonchev–Trinajstić information content (AvgIpc) is 2.39. The second kappa shape index (κ2) is 6.60. The molecule has 0 aliphatic carbocycles. The standard InChI is InChI=1S/C12H15NO6/c14-8(2-1-3-10(16)13-19)6-7-4-5-9(15)12(18)11(7)17/h4-5,15,17-19H,1-3,6H2,(H,13,16). The predicted octanol–water partition coefficient (Wildman–Crippen LogP) is 0.591. The number of hydrogen-bond donors (Lipinski definition) is 5. The van der Waals surface area contributed by atoms with Gasteiger partial charge in [-0.05, 0) is 12.5 Å². The molecular formula is C12H15NO6. The van der Waals surface area contributed by atoms with Crippen molar-refractivity contribution in [3.05, 3.63) is 17.7 Å². The molecule has 19 heavy (non-hydrogen) atoms. The number of ketones is 1. The molecule has 0 aliphatic heterocycles. The highest BCUT2D eigenvalue weighted by molar-refractivity contribution is 5.82. The Labute approximate surface area is 109 Å². The molecule has 0 saturated carbocycles. The van der Waals surface area contributed by atoms with Crippen molar-refractivity contribution in [1.82, 2.24) is 5.48 Å². The van der Waals surface area contributed by atoms with Crippen LogP contribution in [0.3, 0.4) is 0 Å². The monoisotopic (exact) mass is 269 g/mol. The fourth-order valence-electron chi connectivity index (χ4n) is 1.56. The van der Waals surface area contributed by atoms with Crippen molar-refractivity contribution in [3.8, 4) is 17.2 Å². The van der Waals surface area contributed by atoms with Gasteiger partial charge in [-0.2, -0.15) is 0 Å². The minimum atomic E-state index is -0.662. The van der Waals surface area contributed by atoms with E-state index in [1.54, 1.807) is 0 Å². The lowest BCUT2D eigenvalue weighted by molar-refractivity contribution is -0.129. The average molecular weight is 269 g/mol. The topological polar surface area (TPSA) is 127 Å². The van der Waals surface area contributed by atoms with Crippen molar-refractivity contribution in [2.24, 2.45) is 0 Å². The van der Waals surface area contributed by atoms with Crippen LogP contribution in [0, 0.1) is 0 Å². The largest absolute Gasteiger partial charge is 0.504 e. The molecule has 1 aromatic rings. The van der Waals surface area contributed by atoms with Gasteiger partial charge in [0.15, 0.2) is 11.5 Å². The lowest BCUT2D eigenvalue weighted by Gasteiger charge is -2.07. The summed E-state index contributed by atoms with van der Waals surface area (Å²) in [5.41, 5.74) is 1.66. The van der Waals surface area contributed by atoms with Crippen molar-refractivity contribution >= 4 is 11.7 Å². The minimum Gasteiger partial charge on any atom is -0.504 e. The third-order valence-electron chi connectivity index (χ3n) is 2.59. The minimum absolute atomic E-state index is 0.0229. The molecule has 0 radical (unpaired) electrons. The van der Waals surface area contributed by atoms with Crippen LogP contribution >= 0.6 is 0 Å². The number of benzene rings is 1. The third-order valence-corrected chi connectivity index (χ3v) is 2.59. The van der Waals surface area contributed by atoms with Gasteiger partial charge < -0.3 is 15.3 Å². The summed E-state index contributed by atoms with van der Waals surface area (Å²) in [7, 11) is 0. The fourth-order valence-corrected chi connectivity index (χ4v) is 1.56. The molecule has 0 atom stereocenters. The van der Waals surface area contributed by atoms with Gasteiger partial charge in [0.2, 0.25) is 11.7 Å². The van der Waals surface area contributed by atoms with Crippen LogP contribution in [-0.2, 0) is 16.0 Å². The number of hydroxylamine groups is 1. The summed E-state index contributed by atoms with van der Waals surface area (Å²) in [5, 5.41) is 36.2. The zero-order chi connectivity index (χ0) is 14.4. The van der Waals surface area contributed by atoms with Crippen LogP contribution in [0.15, 0.2) is 12.1 Å². The van der Waals surface area contributed by atoms with E-state index in [0.717, 1.165) is 0 Å². The predicted molar refractivity (Wildman–Crippen MR) is 63.9 cm³/mol. The molecule has 5 N–H and O–H groups in total. The lowest BCUT2D eigenvalue weighted by Crippen LogP contribution is -2.18. The first-order valence-corrected chi connectivity index (χ1v) is 5.63. The molecule has 7 nitrogen and oxygen atoms in total.